The molecule has 17 heteroatoms. The standard InChI is InChI=1S/C19H20FN3O4.C11H13FN2O2.C8H8BrNO2/c1-26-18(24)14-5-6-16(21-12-14)13-23(17-4-2-3-15(20)11-17)19(25)22-7-9-27-10-8-22;12-9-2-1-3-10(8-9)13-11(15)14-4-6-16-7-5-14;1-12-8(11)6-2-3-7(4-9)10-5-6/h2-6,11-12H,7-10,13H2,1H3;1-3,8H,4-7H2,(H,13,15);2-3,5H,4H2,1H3. The predicted octanol–water partition coefficient (Wildman–Crippen LogP) is 5.92. The third-order valence-corrected chi connectivity index (χ3v) is 8.53. The summed E-state index contributed by atoms with van der Waals surface area (Å²) in [5.41, 5.74) is 3.15. The molecule has 0 bridgehead atoms. The Bertz CT molecular complexity index is 1860. The third-order valence-electron chi connectivity index (χ3n) is 7.96. The number of amides is 4. The molecule has 292 valence electrons. The van der Waals surface area contributed by atoms with Crippen molar-refractivity contribution in [3.63, 3.8) is 0 Å². The molecular formula is C38H41BrF2N6O8. The van der Waals surface area contributed by atoms with Crippen molar-refractivity contribution in [1.29, 1.82) is 0 Å². The molecular weight excluding hydrogens is 786 g/mol. The van der Waals surface area contributed by atoms with Gasteiger partial charge in [-0.3, -0.25) is 14.9 Å². The molecule has 55 heavy (non-hydrogen) atoms. The average molecular weight is 828 g/mol. The Labute approximate surface area is 325 Å². The summed E-state index contributed by atoms with van der Waals surface area (Å²) in [5, 5.41) is 3.33. The van der Waals surface area contributed by atoms with Crippen molar-refractivity contribution in [2.24, 2.45) is 0 Å². The molecule has 0 aliphatic carbocycles. The van der Waals surface area contributed by atoms with Crippen LogP contribution >= 0.6 is 15.9 Å². The second kappa shape index (κ2) is 22.0. The van der Waals surface area contributed by atoms with Gasteiger partial charge in [0.25, 0.3) is 0 Å². The van der Waals surface area contributed by atoms with Crippen LogP contribution < -0.4 is 10.2 Å². The Morgan fingerprint density at radius 2 is 1.27 bits per heavy atom. The van der Waals surface area contributed by atoms with Crippen molar-refractivity contribution < 1.29 is 46.9 Å². The number of hydrogen-bond acceptors (Lipinski definition) is 10. The van der Waals surface area contributed by atoms with Crippen LogP contribution in [-0.4, -0.2) is 111 Å². The minimum Gasteiger partial charge on any atom is -0.465 e. The first-order chi connectivity index (χ1) is 26.6. The molecule has 0 unspecified atom stereocenters. The second-order valence-corrected chi connectivity index (χ2v) is 12.2. The van der Waals surface area contributed by atoms with E-state index < -0.39 is 11.8 Å². The van der Waals surface area contributed by atoms with Crippen LogP contribution in [0.1, 0.15) is 32.1 Å². The normalized spacial score (nSPS) is 13.5. The number of alkyl halides is 1. The number of benzene rings is 2. The molecule has 2 fully saturated rings. The van der Waals surface area contributed by atoms with E-state index in [9.17, 15) is 28.0 Å². The highest BCUT2D eigenvalue weighted by atomic mass is 79.9. The summed E-state index contributed by atoms with van der Waals surface area (Å²) in [6, 6.07) is 17.9. The second-order valence-electron chi connectivity index (χ2n) is 11.7. The van der Waals surface area contributed by atoms with Gasteiger partial charge in [-0.25, -0.2) is 28.0 Å². The first kappa shape index (κ1) is 42.2. The van der Waals surface area contributed by atoms with Crippen molar-refractivity contribution in [3.8, 4) is 0 Å². The zero-order chi connectivity index (χ0) is 39.6. The Balaban J connectivity index is 0.000000203. The van der Waals surface area contributed by atoms with E-state index in [4.69, 9.17) is 9.47 Å². The minimum absolute atomic E-state index is 0.140. The lowest BCUT2D eigenvalue weighted by atomic mass is 10.2. The molecule has 4 aromatic rings. The lowest BCUT2D eigenvalue weighted by Gasteiger charge is -2.33. The van der Waals surface area contributed by atoms with Gasteiger partial charge in [-0.1, -0.05) is 28.1 Å². The molecule has 14 nitrogen and oxygen atoms in total. The highest BCUT2D eigenvalue weighted by Crippen LogP contribution is 2.21. The number of morpholine rings is 2. The van der Waals surface area contributed by atoms with E-state index in [0.717, 1.165) is 5.69 Å². The van der Waals surface area contributed by atoms with Crippen LogP contribution in [0.15, 0.2) is 85.2 Å². The number of nitrogens with zero attached hydrogens (tertiary/aromatic N) is 5. The van der Waals surface area contributed by atoms with E-state index in [2.05, 4.69) is 40.7 Å². The minimum atomic E-state index is -0.486. The molecule has 0 spiro atoms. The van der Waals surface area contributed by atoms with E-state index in [0.29, 0.717) is 86.1 Å². The predicted molar refractivity (Wildman–Crippen MR) is 202 cm³/mol. The number of esters is 2. The fourth-order valence-corrected chi connectivity index (χ4v) is 5.37. The van der Waals surface area contributed by atoms with Crippen molar-refractivity contribution in [2.75, 3.05) is 77.0 Å². The van der Waals surface area contributed by atoms with Gasteiger partial charge in [-0.15, -0.1) is 0 Å². The summed E-state index contributed by atoms with van der Waals surface area (Å²) in [6.45, 7) is 4.26. The van der Waals surface area contributed by atoms with E-state index in [-0.39, 0.29) is 30.4 Å². The summed E-state index contributed by atoms with van der Waals surface area (Å²) in [5.74, 6) is -1.63. The molecule has 0 radical (unpaired) electrons. The molecule has 2 aromatic heterocycles. The smallest absolute Gasteiger partial charge is 0.339 e. The summed E-state index contributed by atoms with van der Waals surface area (Å²) in [7, 11) is 2.64. The number of anilines is 2. The van der Waals surface area contributed by atoms with E-state index in [1.54, 1.807) is 58.3 Å². The van der Waals surface area contributed by atoms with Crippen LogP contribution in [0.2, 0.25) is 0 Å². The van der Waals surface area contributed by atoms with Crippen molar-refractivity contribution in [3.05, 3.63) is 119 Å². The molecule has 2 aliphatic rings. The maximum Gasteiger partial charge on any atom is 0.339 e. The van der Waals surface area contributed by atoms with Gasteiger partial charge in [-0.2, -0.15) is 0 Å². The zero-order valence-corrected chi connectivity index (χ0v) is 31.9. The van der Waals surface area contributed by atoms with Gasteiger partial charge in [-0.05, 0) is 60.7 Å². The van der Waals surface area contributed by atoms with E-state index in [1.165, 1.54) is 55.8 Å². The number of methoxy groups -OCH3 is 2. The van der Waals surface area contributed by atoms with Gasteiger partial charge in [0.15, 0.2) is 0 Å². The molecule has 4 heterocycles. The fraction of sp³-hybridized carbons (Fsp3) is 0.316. The first-order valence-electron chi connectivity index (χ1n) is 17.0. The lowest BCUT2D eigenvalue weighted by molar-refractivity contribution is 0.0548. The summed E-state index contributed by atoms with van der Waals surface area (Å²) in [6.07, 6.45) is 2.90. The van der Waals surface area contributed by atoms with Crippen molar-refractivity contribution in [2.45, 2.75) is 11.9 Å². The Kier molecular flexibility index (Phi) is 16.9. The number of rotatable bonds is 7. The number of ether oxygens (including phenoxy) is 4. The van der Waals surface area contributed by atoms with Gasteiger partial charge in [0.1, 0.15) is 11.6 Å². The van der Waals surface area contributed by atoms with Gasteiger partial charge in [0.2, 0.25) is 0 Å². The number of urea groups is 2. The quantitative estimate of drug-likeness (QED) is 0.176. The Morgan fingerprint density at radius 3 is 1.76 bits per heavy atom. The first-order valence-corrected chi connectivity index (χ1v) is 18.2. The van der Waals surface area contributed by atoms with Crippen LogP contribution in [0.4, 0.5) is 29.7 Å². The highest BCUT2D eigenvalue weighted by Gasteiger charge is 2.25. The van der Waals surface area contributed by atoms with Gasteiger partial charge >= 0.3 is 24.0 Å². The number of carbonyl (C=O) groups is 4. The lowest BCUT2D eigenvalue weighted by Crippen LogP contribution is -2.48. The molecule has 4 amide bonds. The number of hydrogen-bond donors (Lipinski definition) is 1. The van der Waals surface area contributed by atoms with Gasteiger partial charge in [0, 0.05) is 55.3 Å². The van der Waals surface area contributed by atoms with Crippen LogP contribution in [0.5, 0.6) is 0 Å². The monoisotopic (exact) mass is 826 g/mol. The molecule has 2 aliphatic heterocycles. The molecule has 6 rings (SSSR count). The molecule has 2 aromatic carbocycles. The average Bonchev–Trinajstić information content (AvgIpc) is 3.23. The van der Waals surface area contributed by atoms with E-state index in [1.807, 2.05) is 0 Å². The summed E-state index contributed by atoms with van der Waals surface area (Å²) >= 11 is 3.26. The number of carbonyl (C=O) groups excluding carboxylic acids is 4. The molecule has 0 saturated carbocycles. The largest absolute Gasteiger partial charge is 0.465 e. The Hall–Kier alpha value is -5.52. The number of nitrogens with one attached hydrogen (secondary N) is 1. The van der Waals surface area contributed by atoms with Gasteiger partial charge in [0.05, 0.1) is 69.7 Å². The number of halogens is 3. The van der Waals surface area contributed by atoms with Crippen molar-refractivity contribution >= 4 is 51.3 Å². The molecule has 2 saturated heterocycles. The van der Waals surface area contributed by atoms with Crippen LogP contribution in [-0.2, 0) is 30.8 Å². The van der Waals surface area contributed by atoms with Crippen LogP contribution in [0.3, 0.4) is 0 Å². The number of pyridine rings is 2. The molecule has 1 N–H and O–H groups in total. The van der Waals surface area contributed by atoms with Crippen LogP contribution in [0.25, 0.3) is 0 Å². The van der Waals surface area contributed by atoms with Gasteiger partial charge < -0.3 is 34.1 Å². The maximum atomic E-state index is 13.7. The van der Waals surface area contributed by atoms with Crippen molar-refractivity contribution in [1.82, 2.24) is 19.8 Å². The number of aromatic nitrogens is 2. The van der Waals surface area contributed by atoms with Crippen LogP contribution in [0, 0.1) is 11.6 Å². The Morgan fingerprint density at radius 1 is 0.745 bits per heavy atom. The summed E-state index contributed by atoms with van der Waals surface area (Å²) < 4.78 is 46.2. The maximum absolute atomic E-state index is 13.7. The SMILES string of the molecule is COC(=O)c1ccc(CBr)nc1.COC(=O)c1ccc(CN(C(=O)N2CCOCC2)c2cccc(F)c2)nc1.O=C(Nc1cccc(F)c1)N1CCOCC1. The molecule has 0 atom stereocenters. The fourth-order valence-electron chi connectivity index (χ4n) is 5.03. The summed E-state index contributed by atoms with van der Waals surface area (Å²) in [4.78, 5) is 60.2. The topological polar surface area (TPSA) is 153 Å². The zero-order valence-electron chi connectivity index (χ0n) is 30.3. The third kappa shape index (κ3) is 13.4. The highest BCUT2D eigenvalue weighted by molar-refractivity contribution is 9.08. The van der Waals surface area contributed by atoms with E-state index >= 15 is 0 Å².